The number of nitrogens with two attached hydrogens (primary N) is 1. The average Bonchev–Trinajstić information content (AvgIpc) is 2.64. The molecule has 0 radical (unpaired) electrons. The van der Waals surface area contributed by atoms with E-state index in [0.717, 1.165) is 36.8 Å². The number of anilines is 1. The molecular formula is C16H20N6O3. The van der Waals surface area contributed by atoms with Gasteiger partial charge in [-0.1, -0.05) is 0 Å². The van der Waals surface area contributed by atoms with E-state index < -0.39 is 6.09 Å². The number of hydrogen-bond donors (Lipinski definition) is 2. The van der Waals surface area contributed by atoms with E-state index >= 15 is 0 Å². The molecule has 0 atom stereocenters. The van der Waals surface area contributed by atoms with Crippen LogP contribution in [0.25, 0.3) is 11.1 Å². The molecule has 1 amide bonds. The normalized spacial score (nSPS) is 19.9. The molecule has 0 aromatic carbocycles. The maximum atomic E-state index is 11.9. The zero-order valence-corrected chi connectivity index (χ0v) is 13.9. The summed E-state index contributed by atoms with van der Waals surface area (Å²) < 4.78 is 10.3. The fourth-order valence-corrected chi connectivity index (χ4v) is 2.59. The molecule has 1 saturated carbocycles. The van der Waals surface area contributed by atoms with Crippen molar-refractivity contribution in [3.05, 3.63) is 24.8 Å². The molecule has 2 heterocycles. The van der Waals surface area contributed by atoms with Gasteiger partial charge in [0, 0.05) is 42.0 Å². The summed E-state index contributed by atoms with van der Waals surface area (Å²) in [4.78, 5) is 28.2. The van der Waals surface area contributed by atoms with Gasteiger partial charge in [0.15, 0.2) is 0 Å². The van der Waals surface area contributed by atoms with Gasteiger partial charge in [0.2, 0.25) is 5.95 Å². The Bertz CT molecular complexity index is 699. The van der Waals surface area contributed by atoms with Crippen molar-refractivity contribution in [2.24, 2.45) is 5.73 Å². The fourth-order valence-electron chi connectivity index (χ4n) is 2.59. The first-order valence-electron chi connectivity index (χ1n) is 8.05. The molecule has 1 aliphatic rings. The number of nitrogens with zero attached hydrogens (tertiary/aromatic N) is 4. The summed E-state index contributed by atoms with van der Waals surface area (Å²) in [5, 5.41) is 2.53. The van der Waals surface area contributed by atoms with Gasteiger partial charge in [-0.15, -0.1) is 0 Å². The second-order valence-corrected chi connectivity index (χ2v) is 5.82. The van der Waals surface area contributed by atoms with Gasteiger partial charge in [-0.05, 0) is 25.7 Å². The van der Waals surface area contributed by atoms with Crippen LogP contribution in [0.4, 0.5) is 10.7 Å². The summed E-state index contributed by atoms with van der Waals surface area (Å²) in [6.45, 7) is 0. The van der Waals surface area contributed by atoms with Crippen molar-refractivity contribution >= 4 is 12.0 Å². The van der Waals surface area contributed by atoms with Crippen LogP contribution in [0, 0.1) is 0 Å². The number of aromatic nitrogens is 4. The van der Waals surface area contributed by atoms with E-state index in [1.807, 2.05) is 0 Å². The molecule has 25 heavy (non-hydrogen) atoms. The monoisotopic (exact) mass is 344 g/mol. The Morgan fingerprint density at radius 2 is 1.60 bits per heavy atom. The Morgan fingerprint density at radius 1 is 1.04 bits per heavy atom. The number of rotatable bonds is 4. The maximum absolute atomic E-state index is 11.9. The van der Waals surface area contributed by atoms with E-state index in [-0.39, 0.29) is 24.1 Å². The number of carbonyl (C=O) groups is 1. The van der Waals surface area contributed by atoms with Crippen LogP contribution >= 0.6 is 0 Å². The fraction of sp³-hybridized carbons (Fsp3) is 0.438. The molecule has 0 aliphatic heterocycles. The SMILES string of the molecule is COc1ncc(-c2cnc(NC(=O)OC3CCC(N)CC3)nc2)cn1. The molecule has 0 spiro atoms. The van der Waals surface area contributed by atoms with E-state index in [1.54, 1.807) is 24.8 Å². The Morgan fingerprint density at radius 3 is 2.16 bits per heavy atom. The lowest BCUT2D eigenvalue weighted by Gasteiger charge is -2.25. The predicted octanol–water partition coefficient (Wildman–Crippen LogP) is 1.76. The third-order valence-electron chi connectivity index (χ3n) is 4.00. The lowest BCUT2D eigenvalue weighted by molar-refractivity contribution is 0.0825. The molecule has 9 heteroatoms. The molecule has 132 valence electrons. The first kappa shape index (κ1) is 17.0. The lowest BCUT2D eigenvalue weighted by atomic mass is 9.94. The van der Waals surface area contributed by atoms with Crippen molar-refractivity contribution in [1.29, 1.82) is 0 Å². The maximum Gasteiger partial charge on any atom is 0.414 e. The molecule has 3 rings (SSSR count). The van der Waals surface area contributed by atoms with Crippen LogP contribution < -0.4 is 15.8 Å². The highest BCUT2D eigenvalue weighted by Gasteiger charge is 2.22. The minimum atomic E-state index is -0.555. The number of ether oxygens (including phenoxy) is 2. The minimum absolute atomic E-state index is 0.101. The first-order valence-corrected chi connectivity index (χ1v) is 8.05. The van der Waals surface area contributed by atoms with Crippen molar-refractivity contribution in [3.8, 4) is 17.1 Å². The molecule has 1 fully saturated rings. The lowest BCUT2D eigenvalue weighted by Crippen LogP contribution is -2.32. The summed E-state index contributed by atoms with van der Waals surface area (Å²) in [5.74, 6) is 0.177. The second-order valence-electron chi connectivity index (χ2n) is 5.82. The van der Waals surface area contributed by atoms with Crippen LogP contribution in [0.15, 0.2) is 24.8 Å². The van der Waals surface area contributed by atoms with Crippen LogP contribution in [-0.2, 0) is 4.74 Å². The number of methoxy groups -OCH3 is 1. The third kappa shape index (κ3) is 4.60. The standard InChI is InChI=1S/C16H20N6O3/c1-24-15-20-8-11(9-21-15)10-6-18-14(19-7-10)22-16(23)25-13-4-2-12(17)3-5-13/h6-9,12-13H,2-5,17H2,1H3,(H,18,19,22,23). The highest BCUT2D eigenvalue weighted by atomic mass is 16.6. The van der Waals surface area contributed by atoms with Crippen LogP contribution in [0.1, 0.15) is 25.7 Å². The van der Waals surface area contributed by atoms with Crippen molar-refractivity contribution in [3.63, 3.8) is 0 Å². The van der Waals surface area contributed by atoms with Gasteiger partial charge >= 0.3 is 12.1 Å². The molecule has 0 saturated heterocycles. The summed E-state index contributed by atoms with van der Waals surface area (Å²) in [6, 6.07) is 0.495. The highest BCUT2D eigenvalue weighted by molar-refractivity contribution is 5.82. The van der Waals surface area contributed by atoms with Crippen molar-refractivity contribution in [1.82, 2.24) is 19.9 Å². The molecule has 1 aliphatic carbocycles. The van der Waals surface area contributed by atoms with Gasteiger partial charge in [-0.2, -0.15) is 0 Å². The average molecular weight is 344 g/mol. The van der Waals surface area contributed by atoms with E-state index in [0.29, 0.717) is 0 Å². The first-order chi connectivity index (χ1) is 12.1. The number of nitrogens with one attached hydrogen (secondary N) is 1. The predicted molar refractivity (Wildman–Crippen MR) is 89.9 cm³/mol. The van der Waals surface area contributed by atoms with Gasteiger partial charge in [-0.3, -0.25) is 5.32 Å². The zero-order chi connectivity index (χ0) is 17.6. The van der Waals surface area contributed by atoms with Gasteiger partial charge < -0.3 is 15.2 Å². The van der Waals surface area contributed by atoms with E-state index in [1.165, 1.54) is 7.11 Å². The Balaban J connectivity index is 1.55. The van der Waals surface area contributed by atoms with Crippen LogP contribution in [0.5, 0.6) is 6.01 Å². The zero-order valence-electron chi connectivity index (χ0n) is 13.9. The highest BCUT2D eigenvalue weighted by Crippen LogP contribution is 2.20. The van der Waals surface area contributed by atoms with Crippen LogP contribution in [0.3, 0.4) is 0 Å². The summed E-state index contributed by atoms with van der Waals surface area (Å²) in [5.41, 5.74) is 7.31. The van der Waals surface area contributed by atoms with Crippen molar-refractivity contribution in [2.45, 2.75) is 37.8 Å². The van der Waals surface area contributed by atoms with Gasteiger partial charge in [-0.25, -0.2) is 24.7 Å². The summed E-state index contributed by atoms with van der Waals surface area (Å²) in [6.07, 6.45) is 9.02. The van der Waals surface area contributed by atoms with E-state index in [2.05, 4.69) is 25.3 Å². The quantitative estimate of drug-likeness (QED) is 0.859. The van der Waals surface area contributed by atoms with Gasteiger partial charge in [0.1, 0.15) is 6.10 Å². The Labute approximate surface area is 145 Å². The molecule has 2 aromatic rings. The molecule has 9 nitrogen and oxygen atoms in total. The molecule has 3 N–H and O–H groups in total. The number of amides is 1. The smallest absolute Gasteiger partial charge is 0.414 e. The third-order valence-corrected chi connectivity index (χ3v) is 4.00. The minimum Gasteiger partial charge on any atom is -0.467 e. The second kappa shape index (κ2) is 7.84. The molecular weight excluding hydrogens is 324 g/mol. The van der Waals surface area contributed by atoms with Crippen molar-refractivity contribution < 1.29 is 14.3 Å². The van der Waals surface area contributed by atoms with E-state index in [4.69, 9.17) is 15.2 Å². The largest absolute Gasteiger partial charge is 0.467 e. The van der Waals surface area contributed by atoms with Crippen LogP contribution in [0.2, 0.25) is 0 Å². The summed E-state index contributed by atoms with van der Waals surface area (Å²) in [7, 11) is 1.50. The number of hydrogen-bond acceptors (Lipinski definition) is 8. The van der Waals surface area contributed by atoms with Gasteiger partial charge in [0.05, 0.1) is 7.11 Å². The topological polar surface area (TPSA) is 125 Å². The summed E-state index contributed by atoms with van der Waals surface area (Å²) >= 11 is 0. The molecule has 2 aromatic heterocycles. The Hall–Kier alpha value is -2.81. The van der Waals surface area contributed by atoms with Gasteiger partial charge in [0.25, 0.3) is 0 Å². The van der Waals surface area contributed by atoms with Crippen molar-refractivity contribution in [2.75, 3.05) is 12.4 Å². The molecule has 0 bridgehead atoms. The molecule has 0 unspecified atom stereocenters. The van der Waals surface area contributed by atoms with Crippen LogP contribution in [-0.4, -0.2) is 45.3 Å². The number of carbonyl (C=O) groups excluding carboxylic acids is 1. The van der Waals surface area contributed by atoms with E-state index in [9.17, 15) is 4.79 Å². The Kier molecular flexibility index (Phi) is 5.34.